The number of hydrogen-bond donors (Lipinski definition) is 1. The molecule has 1 aliphatic rings. The lowest BCUT2D eigenvalue weighted by molar-refractivity contribution is -0.133. The Bertz CT molecular complexity index is 899. The highest BCUT2D eigenvalue weighted by Crippen LogP contribution is 2.36. The maximum absolute atomic E-state index is 12.4. The van der Waals surface area contributed by atoms with Gasteiger partial charge in [0.1, 0.15) is 5.75 Å². The molecule has 0 spiro atoms. The third kappa shape index (κ3) is 4.25. The number of hydrogen-bond acceptors (Lipinski definition) is 5. The normalized spacial score (nSPS) is 14.5. The first kappa shape index (κ1) is 18.8. The van der Waals surface area contributed by atoms with Crippen LogP contribution in [0.4, 0.5) is 5.69 Å². The first-order valence-electron chi connectivity index (χ1n) is 8.85. The number of methoxy groups -OCH3 is 2. The zero-order valence-corrected chi connectivity index (χ0v) is 16.4. The van der Waals surface area contributed by atoms with E-state index in [4.69, 9.17) is 14.2 Å². The maximum atomic E-state index is 12.4. The number of esters is 1. The molecule has 1 aliphatic heterocycles. The van der Waals surface area contributed by atoms with Crippen LogP contribution >= 0.6 is 0 Å². The van der Waals surface area contributed by atoms with Crippen molar-refractivity contribution in [2.24, 2.45) is 0 Å². The molecule has 1 N–H and O–H groups in total. The summed E-state index contributed by atoms with van der Waals surface area (Å²) in [6, 6.07) is 11.1. The summed E-state index contributed by atoms with van der Waals surface area (Å²) in [5.41, 5.74) is 3.95. The second-order valence-corrected chi connectivity index (χ2v) is 7.22. The topological polar surface area (TPSA) is 56.8 Å². The average Bonchev–Trinajstić information content (AvgIpc) is 2.61. The van der Waals surface area contributed by atoms with Gasteiger partial charge in [0.25, 0.3) is 0 Å². The van der Waals surface area contributed by atoms with Crippen LogP contribution in [0.15, 0.2) is 42.5 Å². The Labute approximate surface area is 159 Å². The molecule has 5 nitrogen and oxygen atoms in total. The fraction of sp³-hybridized carbons (Fsp3) is 0.318. The third-order valence-corrected chi connectivity index (χ3v) is 4.48. The summed E-state index contributed by atoms with van der Waals surface area (Å²) in [4.78, 5) is 12.4. The predicted molar refractivity (Wildman–Crippen MR) is 107 cm³/mol. The number of carbonyl (C=O) groups is 1. The van der Waals surface area contributed by atoms with E-state index in [0.29, 0.717) is 17.2 Å². The van der Waals surface area contributed by atoms with E-state index in [9.17, 15) is 4.79 Å². The molecule has 0 fully saturated rings. The molecule has 0 amide bonds. The number of allylic oxidation sites excluding steroid dienone is 1. The second-order valence-electron chi connectivity index (χ2n) is 7.22. The van der Waals surface area contributed by atoms with Crippen molar-refractivity contribution in [3.05, 3.63) is 53.6 Å². The molecule has 3 rings (SSSR count). The molecule has 0 aromatic heterocycles. The number of rotatable bonds is 5. The van der Waals surface area contributed by atoms with E-state index in [1.54, 1.807) is 26.4 Å². The van der Waals surface area contributed by atoms with Gasteiger partial charge in [0.2, 0.25) is 0 Å². The van der Waals surface area contributed by atoms with Gasteiger partial charge in [-0.3, -0.25) is 4.79 Å². The summed E-state index contributed by atoms with van der Waals surface area (Å²) in [6.07, 6.45) is 2.32. The zero-order valence-electron chi connectivity index (χ0n) is 16.4. The third-order valence-electron chi connectivity index (χ3n) is 4.48. The molecule has 2 aromatic carbocycles. The van der Waals surface area contributed by atoms with Gasteiger partial charge < -0.3 is 19.5 Å². The molecule has 27 heavy (non-hydrogen) atoms. The summed E-state index contributed by atoms with van der Waals surface area (Å²) in [5, 5.41) is 3.47. The van der Waals surface area contributed by atoms with Crippen molar-refractivity contribution in [2.45, 2.75) is 32.7 Å². The summed E-state index contributed by atoms with van der Waals surface area (Å²) >= 11 is 0. The Morgan fingerprint density at radius 3 is 2.48 bits per heavy atom. The van der Waals surface area contributed by atoms with Crippen molar-refractivity contribution in [2.75, 3.05) is 19.5 Å². The smallest absolute Gasteiger partial charge is 0.315 e. The van der Waals surface area contributed by atoms with Crippen molar-refractivity contribution in [1.29, 1.82) is 0 Å². The Kier molecular flexibility index (Phi) is 5.13. The maximum Gasteiger partial charge on any atom is 0.315 e. The number of anilines is 1. The quantitative estimate of drug-likeness (QED) is 0.625. The molecule has 0 saturated heterocycles. The van der Waals surface area contributed by atoms with E-state index in [1.165, 1.54) is 0 Å². The molecule has 0 unspecified atom stereocenters. The molecule has 5 heteroatoms. The predicted octanol–water partition coefficient (Wildman–Crippen LogP) is 4.46. The van der Waals surface area contributed by atoms with E-state index >= 15 is 0 Å². The molecule has 0 atom stereocenters. The van der Waals surface area contributed by atoms with Crippen LogP contribution in [0.2, 0.25) is 0 Å². The van der Waals surface area contributed by atoms with E-state index in [0.717, 1.165) is 22.4 Å². The lowest BCUT2D eigenvalue weighted by Gasteiger charge is -2.31. The molecular weight excluding hydrogens is 342 g/mol. The molecule has 2 aromatic rings. The average molecular weight is 367 g/mol. The number of ether oxygens (including phenoxy) is 3. The van der Waals surface area contributed by atoms with Gasteiger partial charge in [0, 0.05) is 11.3 Å². The van der Waals surface area contributed by atoms with Crippen molar-refractivity contribution in [3.63, 3.8) is 0 Å². The highest BCUT2D eigenvalue weighted by molar-refractivity contribution is 5.82. The van der Waals surface area contributed by atoms with Gasteiger partial charge in [-0.25, -0.2) is 0 Å². The Morgan fingerprint density at radius 1 is 1.04 bits per heavy atom. The van der Waals surface area contributed by atoms with Crippen LogP contribution in [0.5, 0.6) is 17.2 Å². The van der Waals surface area contributed by atoms with E-state index < -0.39 is 0 Å². The van der Waals surface area contributed by atoms with Crippen molar-refractivity contribution >= 4 is 17.2 Å². The van der Waals surface area contributed by atoms with E-state index in [1.807, 2.05) is 24.3 Å². The van der Waals surface area contributed by atoms with Crippen LogP contribution < -0.4 is 19.5 Å². The van der Waals surface area contributed by atoms with E-state index in [-0.39, 0.29) is 17.9 Å². The Balaban J connectivity index is 1.73. The van der Waals surface area contributed by atoms with Crippen molar-refractivity contribution < 1.29 is 19.0 Å². The van der Waals surface area contributed by atoms with Crippen LogP contribution in [0.25, 0.3) is 5.57 Å². The lowest BCUT2D eigenvalue weighted by Crippen LogP contribution is -2.31. The summed E-state index contributed by atoms with van der Waals surface area (Å²) < 4.78 is 16.0. The first-order chi connectivity index (χ1) is 12.8. The minimum absolute atomic E-state index is 0.0945. The van der Waals surface area contributed by atoms with Gasteiger partial charge in [-0.1, -0.05) is 12.1 Å². The molecule has 1 heterocycles. The summed E-state index contributed by atoms with van der Waals surface area (Å²) in [7, 11) is 3.15. The van der Waals surface area contributed by atoms with Gasteiger partial charge >= 0.3 is 5.97 Å². The molecule has 0 aliphatic carbocycles. The van der Waals surface area contributed by atoms with Gasteiger partial charge in [0.15, 0.2) is 11.5 Å². The Hall–Kier alpha value is -2.95. The molecule has 0 saturated carbocycles. The van der Waals surface area contributed by atoms with E-state index in [2.05, 4.69) is 32.2 Å². The standard InChI is InChI=1S/C22H25NO4/c1-14-13-22(2,3)23-18-8-7-16(12-17(14)18)27-21(24)11-15-6-9-19(25-4)20(10-15)26-5/h6-10,12-13,23H,11H2,1-5H3. The highest BCUT2D eigenvalue weighted by atomic mass is 16.5. The van der Waals surface area contributed by atoms with Gasteiger partial charge in [0.05, 0.1) is 26.2 Å². The molecule has 0 radical (unpaired) electrons. The largest absolute Gasteiger partial charge is 0.493 e. The van der Waals surface area contributed by atoms with Crippen molar-refractivity contribution in [1.82, 2.24) is 0 Å². The fourth-order valence-electron chi connectivity index (χ4n) is 3.35. The summed E-state index contributed by atoms with van der Waals surface area (Å²) in [5.74, 6) is 1.43. The highest BCUT2D eigenvalue weighted by Gasteiger charge is 2.23. The second kappa shape index (κ2) is 7.35. The fourth-order valence-corrected chi connectivity index (χ4v) is 3.35. The lowest BCUT2D eigenvalue weighted by atomic mass is 9.91. The van der Waals surface area contributed by atoms with Crippen LogP contribution in [-0.4, -0.2) is 25.7 Å². The number of carbonyl (C=O) groups excluding carboxylic acids is 1. The van der Waals surface area contributed by atoms with Gasteiger partial charge in [-0.05, 0) is 62.2 Å². The Morgan fingerprint density at radius 2 is 1.78 bits per heavy atom. The first-order valence-corrected chi connectivity index (χ1v) is 8.85. The SMILES string of the molecule is COc1ccc(CC(=O)Oc2ccc3c(c2)C(C)=CC(C)(C)N3)cc1OC. The van der Waals surface area contributed by atoms with Crippen LogP contribution in [0.1, 0.15) is 31.9 Å². The van der Waals surface area contributed by atoms with Gasteiger partial charge in [-0.2, -0.15) is 0 Å². The van der Waals surface area contributed by atoms with Crippen molar-refractivity contribution in [3.8, 4) is 17.2 Å². The van der Waals surface area contributed by atoms with Crippen LogP contribution in [0, 0.1) is 0 Å². The minimum Gasteiger partial charge on any atom is -0.493 e. The van der Waals surface area contributed by atoms with Crippen LogP contribution in [0.3, 0.4) is 0 Å². The molecule has 0 bridgehead atoms. The number of benzene rings is 2. The number of fused-ring (bicyclic) bond motifs is 1. The number of nitrogens with one attached hydrogen (secondary N) is 1. The molecule has 142 valence electrons. The summed E-state index contributed by atoms with van der Waals surface area (Å²) in [6.45, 7) is 6.31. The monoisotopic (exact) mass is 367 g/mol. The minimum atomic E-state index is -0.326. The zero-order chi connectivity index (χ0) is 19.6. The van der Waals surface area contributed by atoms with Crippen LogP contribution in [-0.2, 0) is 11.2 Å². The van der Waals surface area contributed by atoms with Gasteiger partial charge in [-0.15, -0.1) is 0 Å². The molecular formula is C22H25NO4.